The molecule has 2 aliphatic carbocycles. The van der Waals surface area contributed by atoms with Crippen LogP contribution in [-0.2, 0) is 4.79 Å². The van der Waals surface area contributed by atoms with E-state index in [4.69, 9.17) is 11.6 Å². The lowest BCUT2D eigenvalue weighted by Crippen LogP contribution is -2.16. The lowest BCUT2D eigenvalue weighted by Gasteiger charge is -2.07. The smallest absolute Gasteiger partial charge is 0.228 e. The van der Waals surface area contributed by atoms with E-state index in [9.17, 15) is 4.79 Å². The van der Waals surface area contributed by atoms with Crippen LogP contribution < -0.4 is 5.32 Å². The Morgan fingerprint density at radius 2 is 2.19 bits per heavy atom. The molecule has 0 aliphatic heterocycles. The summed E-state index contributed by atoms with van der Waals surface area (Å²) in [5.74, 6) is 1.61. The molecule has 0 bridgehead atoms. The number of anilines is 1. The molecule has 2 saturated carbocycles. The molecule has 2 unspecified atom stereocenters. The number of nitrogens with one attached hydrogen (secondary N) is 1. The third-order valence-corrected chi connectivity index (χ3v) is 4.06. The molecule has 0 radical (unpaired) electrons. The Kier molecular flexibility index (Phi) is 2.36. The Labute approximate surface area is 99.2 Å². The van der Waals surface area contributed by atoms with Crippen molar-refractivity contribution in [3.63, 3.8) is 0 Å². The van der Waals surface area contributed by atoms with Gasteiger partial charge in [-0.1, -0.05) is 18.0 Å². The number of pyridine rings is 1. The van der Waals surface area contributed by atoms with Gasteiger partial charge in [-0.25, -0.2) is 0 Å². The maximum atomic E-state index is 11.9. The highest BCUT2D eigenvalue weighted by Crippen LogP contribution is 2.57. The predicted octanol–water partition coefficient (Wildman–Crippen LogP) is 2.72. The van der Waals surface area contributed by atoms with Gasteiger partial charge in [-0.15, -0.1) is 0 Å². The van der Waals surface area contributed by atoms with Crippen LogP contribution in [0.2, 0.25) is 5.02 Å². The minimum atomic E-state index is 0.115. The number of carbonyl (C=O) groups excluding carboxylic acids is 1. The second-order valence-electron chi connectivity index (χ2n) is 4.63. The van der Waals surface area contributed by atoms with E-state index >= 15 is 0 Å². The molecular formula is C12H13ClN2O. The lowest BCUT2D eigenvalue weighted by molar-refractivity contribution is -0.118. The molecule has 2 atom stereocenters. The normalized spacial score (nSPS) is 30.9. The first-order valence-electron chi connectivity index (χ1n) is 5.68. The molecule has 84 valence electrons. The first-order valence-corrected chi connectivity index (χ1v) is 6.05. The molecule has 1 amide bonds. The van der Waals surface area contributed by atoms with Crippen LogP contribution >= 0.6 is 11.6 Å². The molecule has 0 spiro atoms. The van der Waals surface area contributed by atoms with Crippen molar-refractivity contribution >= 4 is 23.2 Å². The molecule has 4 heteroatoms. The summed E-state index contributed by atoms with van der Waals surface area (Å²) in [7, 11) is 0. The van der Waals surface area contributed by atoms with Crippen molar-refractivity contribution in [1.82, 2.24) is 4.98 Å². The fourth-order valence-corrected chi connectivity index (χ4v) is 3.05. The topological polar surface area (TPSA) is 42.0 Å². The third-order valence-electron chi connectivity index (χ3n) is 3.73. The summed E-state index contributed by atoms with van der Waals surface area (Å²) >= 11 is 5.96. The minimum Gasteiger partial charge on any atom is -0.323 e. The van der Waals surface area contributed by atoms with E-state index in [0.29, 0.717) is 22.5 Å². The van der Waals surface area contributed by atoms with Crippen LogP contribution in [0.3, 0.4) is 0 Å². The number of aromatic nitrogens is 1. The molecule has 2 fully saturated rings. The van der Waals surface area contributed by atoms with Crippen molar-refractivity contribution in [2.24, 2.45) is 17.8 Å². The number of fused-ring (bicyclic) bond motifs is 1. The molecule has 1 aromatic heterocycles. The van der Waals surface area contributed by atoms with Crippen LogP contribution in [0.5, 0.6) is 0 Å². The van der Waals surface area contributed by atoms with Gasteiger partial charge in [-0.3, -0.25) is 9.78 Å². The van der Waals surface area contributed by atoms with E-state index < -0.39 is 0 Å². The van der Waals surface area contributed by atoms with E-state index in [1.165, 1.54) is 19.3 Å². The highest BCUT2D eigenvalue weighted by atomic mass is 35.5. The first kappa shape index (κ1) is 10.1. The Hall–Kier alpha value is -1.09. The number of rotatable bonds is 2. The van der Waals surface area contributed by atoms with Crippen molar-refractivity contribution in [2.75, 3.05) is 5.32 Å². The summed E-state index contributed by atoms with van der Waals surface area (Å²) in [6, 6.07) is 1.69. The van der Waals surface area contributed by atoms with Gasteiger partial charge in [0.05, 0.1) is 16.9 Å². The summed E-state index contributed by atoms with van der Waals surface area (Å²) < 4.78 is 0. The van der Waals surface area contributed by atoms with E-state index in [1.807, 2.05) is 0 Å². The van der Waals surface area contributed by atoms with Crippen molar-refractivity contribution in [2.45, 2.75) is 19.3 Å². The lowest BCUT2D eigenvalue weighted by atomic mass is 10.1. The first-order chi connectivity index (χ1) is 7.77. The monoisotopic (exact) mass is 236 g/mol. The molecule has 16 heavy (non-hydrogen) atoms. The summed E-state index contributed by atoms with van der Waals surface area (Å²) in [5.41, 5.74) is 0.624. The summed E-state index contributed by atoms with van der Waals surface area (Å²) in [6.45, 7) is 0. The number of halogens is 1. The Morgan fingerprint density at radius 3 is 2.88 bits per heavy atom. The average Bonchev–Trinajstić information content (AvgIpc) is 2.76. The zero-order valence-electron chi connectivity index (χ0n) is 8.82. The average molecular weight is 237 g/mol. The second-order valence-corrected chi connectivity index (χ2v) is 5.04. The fourth-order valence-electron chi connectivity index (χ4n) is 2.90. The fraction of sp³-hybridized carbons (Fsp3) is 0.500. The zero-order valence-corrected chi connectivity index (χ0v) is 9.57. The van der Waals surface area contributed by atoms with Crippen LogP contribution in [0.15, 0.2) is 18.5 Å². The van der Waals surface area contributed by atoms with Crippen molar-refractivity contribution in [3.8, 4) is 0 Å². The molecule has 3 nitrogen and oxygen atoms in total. The van der Waals surface area contributed by atoms with Crippen molar-refractivity contribution in [1.29, 1.82) is 0 Å². The molecule has 1 aromatic rings. The van der Waals surface area contributed by atoms with Crippen molar-refractivity contribution in [3.05, 3.63) is 23.5 Å². The van der Waals surface area contributed by atoms with Crippen LogP contribution in [0.4, 0.5) is 5.69 Å². The SMILES string of the molecule is O=C(Nc1cnccc1Cl)C1C2CCCC21. The molecule has 3 rings (SSSR count). The number of nitrogens with zero attached hydrogens (tertiary/aromatic N) is 1. The van der Waals surface area contributed by atoms with Gasteiger partial charge in [0.2, 0.25) is 5.91 Å². The van der Waals surface area contributed by atoms with Crippen LogP contribution in [0, 0.1) is 17.8 Å². The minimum absolute atomic E-state index is 0.115. The molecule has 1 N–H and O–H groups in total. The molecule has 1 heterocycles. The van der Waals surface area contributed by atoms with Gasteiger partial charge in [0.15, 0.2) is 0 Å². The van der Waals surface area contributed by atoms with E-state index in [1.54, 1.807) is 18.5 Å². The van der Waals surface area contributed by atoms with E-state index in [0.717, 1.165) is 0 Å². The Balaban J connectivity index is 1.68. The van der Waals surface area contributed by atoms with E-state index in [2.05, 4.69) is 10.3 Å². The van der Waals surface area contributed by atoms with Gasteiger partial charge in [0.25, 0.3) is 0 Å². The molecule has 0 saturated heterocycles. The van der Waals surface area contributed by atoms with Crippen LogP contribution in [0.1, 0.15) is 19.3 Å². The van der Waals surface area contributed by atoms with Gasteiger partial charge in [0.1, 0.15) is 0 Å². The zero-order chi connectivity index (χ0) is 11.1. The standard InChI is InChI=1S/C12H13ClN2O/c13-9-4-5-14-6-10(9)15-12(16)11-7-2-1-3-8(7)11/h4-8,11H,1-3H2,(H,15,16). The van der Waals surface area contributed by atoms with Gasteiger partial charge in [-0.2, -0.15) is 0 Å². The van der Waals surface area contributed by atoms with Crippen LogP contribution in [-0.4, -0.2) is 10.9 Å². The number of hydrogen-bond donors (Lipinski definition) is 1. The largest absolute Gasteiger partial charge is 0.323 e. The third kappa shape index (κ3) is 1.59. The number of carbonyl (C=O) groups is 1. The van der Waals surface area contributed by atoms with Gasteiger partial charge in [-0.05, 0) is 30.7 Å². The second kappa shape index (κ2) is 3.74. The van der Waals surface area contributed by atoms with Gasteiger partial charge < -0.3 is 5.32 Å². The molecule has 0 aromatic carbocycles. The summed E-state index contributed by atoms with van der Waals surface area (Å²) in [5, 5.41) is 3.42. The maximum absolute atomic E-state index is 11.9. The highest BCUT2D eigenvalue weighted by molar-refractivity contribution is 6.33. The van der Waals surface area contributed by atoms with Gasteiger partial charge >= 0.3 is 0 Å². The highest BCUT2D eigenvalue weighted by Gasteiger charge is 2.56. The van der Waals surface area contributed by atoms with Gasteiger partial charge in [0, 0.05) is 12.1 Å². The quantitative estimate of drug-likeness (QED) is 0.858. The summed E-state index contributed by atoms with van der Waals surface area (Å²) in [4.78, 5) is 15.9. The summed E-state index contributed by atoms with van der Waals surface area (Å²) in [6.07, 6.45) is 6.92. The number of amides is 1. The molecular weight excluding hydrogens is 224 g/mol. The maximum Gasteiger partial charge on any atom is 0.228 e. The Bertz CT molecular complexity index is 425. The van der Waals surface area contributed by atoms with E-state index in [-0.39, 0.29) is 11.8 Å². The van der Waals surface area contributed by atoms with Crippen LogP contribution in [0.25, 0.3) is 0 Å². The molecule has 2 aliphatic rings. The Morgan fingerprint density at radius 1 is 1.44 bits per heavy atom. The predicted molar refractivity (Wildman–Crippen MR) is 62.2 cm³/mol. The van der Waals surface area contributed by atoms with Crippen molar-refractivity contribution < 1.29 is 4.79 Å². The number of hydrogen-bond acceptors (Lipinski definition) is 2.